The van der Waals surface area contributed by atoms with E-state index in [4.69, 9.17) is 5.11 Å². The molecule has 2 aliphatic heterocycles. The Hall–Kier alpha value is -1.30. The topological polar surface area (TPSA) is 72.9 Å². The second kappa shape index (κ2) is 7.64. The molecule has 2 aliphatic rings. The average Bonchev–Trinajstić information content (AvgIpc) is 2.87. The van der Waals surface area contributed by atoms with Crippen LogP contribution in [0.15, 0.2) is 0 Å². The Kier molecular flexibility index (Phi) is 5.85. The van der Waals surface area contributed by atoms with Gasteiger partial charge in [-0.25, -0.2) is 4.79 Å². The molecule has 0 bridgehead atoms. The van der Waals surface area contributed by atoms with Crippen LogP contribution in [0.5, 0.6) is 0 Å². The summed E-state index contributed by atoms with van der Waals surface area (Å²) in [6.07, 6.45) is 4.77. The fraction of sp³-hybridized carbons (Fsp3) is 0.867. The van der Waals surface area contributed by atoms with Crippen molar-refractivity contribution >= 4 is 12.0 Å². The first kappa shape index (κ1) is 16.1. The number of carboxylic acid groups (broad SMARTS) is 1. The summed E-state index contributed by atoms with van der Waals surface area (Å²) in [7, 11) is 0. The molecule has 120 valence electrons. The SMILES string of the molecule is CC(CN1CCCCC1)NC(=O)N1CCC(CC(=O)O)C1. The number of carbonyl (C=O) groups excluding carboxylic acids is 1. The van der Waals surface area contributed by atoms with E-state index in [2.05, 4.69) is 10.2 Å². The maximum atomic E-state index is 12.2. The Balaban J connectivity index is 1.70. The molecule has 0 radical (unpaired) electrons. The van der Waals surface area contributed by atoms with Crippen LogP contribution >= 0.6 is 0 Å². The van der Waals surface area contributed by atoms with E-state index in [1.807, 2.05) is 6.92 Å². The van der Waals surface area contributed by atoms with Crippen molar-refractivity contribution in [2.75, 3.05) is 32.7 Å². The molecule has 2 atom stereocenters. The van der Waals surface area contributed by atoms with Gasteiger partial charge in [-0.3, -0.25) is 4.79 Å². The molecule has 2 saturated heterocycles. The highest BCUT2D eigenvalue weighted by molar-refractivity contribution is 5.75. The van der Waals surface area contributed by atoms with Crippen molar-refractivity contribution in [1.82, 2.24) is 15.1 Å². The van der Waals surface area contributed by atoms with Crippen molar-refractivity contribution in [1.29, 1.82) is 0 Å². The number of rotatable bonds is 5. The fourth-order valence-corrected chi connectivity index (χ4v) is 3.31. The normalized spacial score (nSPS) is 24.8. The summed E-state index contributed by atoms with van der Waals surface area (Å²) < 4.78 is 0. The molecule has 2 amide bonds. The number of aliphatic carboxylic acids is 1. The van der Waals surface area contributed by atoms with Crippen LogP contribution in [-0.4, -0.2) is 65.7 Å². The number of nitrogens with zero attached hydrogens (tertiary/aromatic N) is 2. The van der Waals surface area contributed by atoms with Crippen LogP contribution in [-0.2, 0) is 4.79 Å². The predicted octanol–water partition coefficient (Wildman–Crippen LogP) is 1.37. The highest BCUT2D eigenvalue weighted by Gasteiger charge is 2.28. The molecular formula is C15H27N3O3. The van der Waals surface area contributed by atoms with Crippen molar-refractivity contribution in [2.45, 2.75) is 45.1 Å². The van der Waals surface area contributed by atoms with E-state index in [9.17, 15) is 9.59 Å². The summed E-state index contributed by atoms with van der Waals surface area (Å²) in [5.41, 5.74) is 0. The Morgan fingerprint density at radius 2 is 1.95 bits per heavy atom. The standard InChI is InChI=1S/C15H27N3O3/c1-12(10-17-6-3-2-4-7-17)16-15(21)18-8-5-13(11-18)9-14(19)20/h12-13H,2-11H2,1H3,(H,16,21)(H,19,20). The predicted molar refractivity (Wildman–Crippen MR) is 80.2 cm³/mol. The molecule has 0 aromatic rings. The van der Waals surface area contributed by atoms with Gasteiger partial charge in [0.1, 0.15) is 0 Å². The minimum Gasteiger partial charge on any atom is -0.481 e. The van der Waals surface area contributed by atoms with Gasteiger partial charge >= 0.3 is 12.0 Å². The molecule has 2 heterocycles. The Labute approximate surface area is 126 Å². The van der Waals surface area contributed by atoms with Crippen LogP contribution in [0.4, 0.5) is 4.79 Å². The largest absolute Gasteiger partial charge is 0.481 e. The van der Waals surface area contributed by atoms with Crippen molar-refractivity contribution < 1.29 is 14.7 Å². The van der Waals surface area contributed by atoms with Crippen LogP contribution < -0.4 is 5.32 Å². The summed E-state index contributed by atoms with van der Waals surface area (Å²) in [6, 6.07) is 0.0847. The number of carbonyl (C=O) groups is 2. The molecular weight excluding hydrogens is 270 g/mol. The third kappa shape index (κ3) is 5.19. The van der Waals surface area contributed by atoms with E-state index < -0.39 is 5.97 Å². The van der Waals surface area contributed by atoms with E-state index >= 15 is 0 Å². The van der Waals surface area contributed by atoms with E-state index in [-0.39, 0.29) is 24.4 Å². The van der Waals surface area contributed by atoms with Gasteiger partial charge in [0.25, 0.3) is 0 Å². The fourth-order valence-electron chi connectivity index (χ4n) is 3.31. The van der Waals surface area contributed by atoms with Crippen LogP contribution in [0.2, 0.25) is 0 Å². The van der Waals surface area contributed by atoms with Crippen LogP contribution in [0.25, 0.3) is 0 Å². The lowest BCUT2D eigenvalue weighted by Gasteiger charge is -2.30. The number of likely N-dealkylation sites (tertiary alicyclic amines) is 2. The van der Waals surface area contributed by atoms with Crippen molar-refractivity contribution in [3.8, 4) is 0 Å². The number of urea groups is 1. The van der Waals surface area contributed by atoms with Crippen LogP contribution in [0.3, 0.4) is 0 Å². The molecule has 21 heavy (non-hydrogen) atoms. The zero-order valence-electron chi connectivity index (χ0n) is 12.9. The maximum absolute atomic E-state index is 12.2. The first-order valence-corrected chi connectivity index (χ1v) is 8.04. The summed E-state index contributed by atoms with van der Waals surface area (Å²) >= 11 is 0. The lowest BCUT2D eigenvalue weighted by Crippen LogP contribution is -2.48. The zero-order valence-corrected chi connectivity index (χ0v) is 12.9. The van der Waals surface area contributed by atoms with E-state index in [1.165, 1.54) is 19.3 Å². The van der Waals surface area contributed by atoms with Gasteiger partial charge < -0.3 is 20.2 Å². The van der Waals surface area contributed by atoms with Crippen LogP contribution in [0.1, 0.15) is 39.0 Å². The molecule has 6 nitrogen and oxygen atoms in total. The van der Waals surface area contributed by atoms with Gasteiger partial charge in [-0.1, -0.05) is 6.42 Å². The number of carboxylic acids is 1. The molecule has 0 aromatic heterocycles. The third-order valence-corrected chi connectivity index (χ3v) is 4.39. The number of hydrogen-bond donors (Lipinski definition) is 2. The number of hydrogen-bond acceptors (Lipinski definition) is 3. The van der Waals surface area contributed by atoms with Crippen molar-refractivity contribution in [2.24, 2.45) is 5.92 Å². The van der Waals surface area contributed by atoms with Gasteiger partial charge in [0.05, 0.1) is 0 Å². The van der Waals surface area contributed by atoms with E-state index in [0.29, 0.717) is 13.1 Å². The second-order valence-corrected chi connectivity index (χ2v) is 6.41. The maximum Gasteiger partial charge on any atom is 0.317 e. The van der Waals surface area contributed by atoms with E-state index in [0.717, 1.165) is 26.1 Å². The molecule has 0 aromatic carbocycles. The molecule has 0 aliphatic carbocycles. The smallest absolute Gasteiger partial charge is 0.317 e. The van der Waals surface area contributed by atoms with E-state index in [1.54, 1.807) is 4.90 Å². The molecule has 0 saturated carbocycles. The molecule has 2 unspecified atom stereocenters. The van der Waals surface area contributed by atoms with Crippen molar-refractivity contribution in [3.63, 3.8) is 0 Å². The highest BCUT2D eigenvalue weighted by atomic mass is 16.4. The third-order valence-electron chi connectivity index (χ3n) is 4.39. The van der Waals surface area contributed by atoms with Gasteiger partial charge in [0.2, 0.25) is 0 Å². The lowest BCUT2D eigenvalue weighted by molar-refractivity contribution is -0.138. The molecule has 2 rings (SSSR count). The number of piperidine rings is 1. The van der Waals surface area contributed by atoms with Gasteiger partial charge in [-0.05, 0) is 45.2 Å². The average molecular weight is 297 g/mol. The van der Waals surface area contributed by atoms with Gasteiger partial charge in [0.15, 0.2) is 0 Å². The summed E-state index contributed by atoms with van der Waals surface area (Å²) in [4.78, 5) is 27.0. The first-order valence-electron chi connectivity index (χ1n) is 8.04. The minimum absolute atomic E-state index is 0.0487. The summed E-state index contributed by atoms with van der Waals surface area (Å²) in [5, 5.41) is 11.8. The molecule has 2 N–H and O–H groups in total. The van der Waals surface area contributed by atoms with Gasteiger partial charge in [0, 0.05) is 32.1 Å². The molecule has 0 spiro atoms. The highest BCUT2D eigenvalue weighted by Crippen LogP contribution is 2.19. The Morgan fingerprint density at radius 1 is 1.24 bits per heavy atom. The number of nitrogens with one attached hydrogen (secondary N) is 1. The van der Waals surface area contributed by atoms with Crippen molar-refractivity contribution in [3.05, 3.63) is 0 Å². The quantitative estimate of drug-likeness (QED) is 0.804. The van der Waals surface area contributed by atoms with Crippen LogP contribution in [0, 0.1) is 5.92 Å². The van der Waals surface area contributed by atoms with Gasteiger partial charge in [-0.2, -0.15) is 0 Å². The minimum atomic E-state index is -0.777. The Morgan fingerprint density at radius 3 is 2.62 bits per heavy atom. The Bertz CT molecular complexity index is 369. The lowest BCUT2D eigenvalue weighted by atomic mass is 10.1. The first-order chi connectivity index (χ1) is 10.0. The molecule has 2 fully saturated rings. The second-order valence-electron chi connectivity index (χ2n) is 6.41. The monoisotopic (exact) mass is 297 g/mol. The summed E-state index contributed by atoms with van der Waals surface area (Å²) in [5.74, 6) is -0.675. The number of amides is 2. The zero-order chi connectivity index (χ0) is 15.2. The van der Waals surface area contributed by atoms with Gasteiger partial charge in [-0.15, -0.1) is 0 Å². The summed E-state index contributed by atoms with van der Waals surface area (Å²) in [6.45, 7) is 6.43. The molecule has 6 heteroatoms.